The van der Waals surface area contributed by atoms with Crippen molar-refractivity contribution >= 4 is 11.7 Å². The molecule has 1 heterocycles. The minimum atomic E-state index is -0.398. The molecule has 1 saturated carbocycles. The number of anilines is 1. The van der Waals surface area contributed by atoms with Gasteiger partial charge < -0.3 is 20.1 Å². The number of piperidine rings is 1. The molecule has 1 aliphatic heterocycles. The number of ether oxygens (including phenoxy) is 1. The summed E-state index contributed by atoms with van der Waals surface area (Å²) in [5.41, 5.74) is 0.486. The van der Waals surface area contributed by atoms with Crippen LogP contribution >= 0.6 is 0 Å². The average molecular weight is 336 g/mol. The van der Waals surface area contributed by atoms with E-state index in [4.69, 9.17) is 4.74 Å². The first-order chi connectivity index (χ1) is 11.5. The van der Waals surface area contributed by atoms with Crippen molar-refractivity contribution in [1.82, 2.24) is 4.90 Å². The Bertz CT molecular complexity index is 612. The van der Waals surface area contributed by atoms with Crippen LogP contribution in [-0.2, 0) is 4.74 Å². The van der Waals surface area contributed by atoms with Gasteiger partial charge in [-0.15, -0.1) is 0 Å². The van der Waals surface area contributed by atoms with E-state index in [9.17, 15) is 14.3 Å². The molecule has 0 bridgehead atoms. The topological polar surface area (TPSA) is 61.8 Å². The van der Waals surface area contributed by atoms with Gasteiger partial charge in [0.2, 0.25) is 0 Å². The van der Waals surface area contributed by atoms with Crippen LogP contribution in [0.15, 0.2) is 18.2 Å². The Morgan fingerprint density at radius 1 is 1.46 bits per heavy atom. The van der Waals surface area contributed by atoms with Gasteiger partial charge in [0.15, 0.2) is 0 Å². The molecule has 2 aliphatic rings. The molecule has 1 aromatic carbocycles. The number of aliphatic hydroxyl groups excluding tert-OH is 1. The summed E-state index contributed by atoms with van der Waals surface area (Å²) in [7, 11) is 0. The lowest BCUT2D eigenvalue weighted by molar-refractivity contribution is -0.207. The van der Waals surface area contributed by atoms with E-state index in [1.54, 1.807) is 30.0 Å². The number of aliphatic hydroxyl groups is 1. The molecule has 132 valence electrons. The fraction of sp³-hybridized carbons (Fsp3) is 0.611. The number of amides is 2. The Morgan fingerprint density at radius 3 is 2.79 bits per heavy atom. The zero-order valence-electron chi connectivity index (χ0n) is 14.2. The van der Waals surface area contributed by atoms with Crippen molar-refractivity contribution < 1.29 is 19.0 Å². The zero-order chi connectivity index (χ0) is 17.3. The molecular formula is C18H25FN2O3. The number of carbonyl (C=O) groups excluding carboxylic acids is 1. The van der Waals surface area contributed by atoms with Crippen LogP contribution in [0.2, 0.25) is 0 Å². The number of aryl methyl sites for hydroxylation is 1. The Morgan fingerprint density at radius 2 is 2.17 bits per heavy atom. The summed E-state index contributed by atoms with van der Waals surface area (Å²) in [5.74, 6) is -0.398. The zero-order valence-corrected chi connectivity index (χ0v) is 14.2. The molecule has 2 amide bonds. The molecule has 0 aromatic heterocycles. The molecule has 2 fully saturated rings. The maximum atomic E-state index is 14.0. The highest BCUT2D eigenvalue weighted by molar-refractivity contribution is 5.89. The lowest BCUT2D eigenvalue weighted by Crippen LogP contribution is -2.63. The summed E-state index contributed by atoms with van der Waals surface area (Å²) in [6.45, 7) is 5.34. The van der Waals surface area contributed by atoms with Gasteiger partial charge in [0.05, 0.1) is 17.9 Å². The fourth-order valence-corrected chi connectivity index (χ4v) is 3.88. The molecule has 3 rings (SSSR count). The van der Waals surface area contributed by atoms with Crippen molar-refractivity contribution in [3.8, 4) is 0 Å². The van der Waals surface area contributed by atoms with Crippen molar-refractivity contribution in [3.63, 3.8) is 0 Å². The molecule has 6 heteroatoms. The quantitative estimate of drug-likeness (QED) is 0.892. The molecule has 1 aromatic rings. The third kappa shape index (κ3) is 2.89. The Labute approximate surface area is 141 Å². The number of hydrogen-bond donors (Lipinski definition) is 2. The average Bonchev–Trinajstić information content (AvgIpc) is 2.59. The molecule has 24 heavy (non-hydrogen) atoms. The van der Waals surface area contributed by atoms with Gasteiger partial charge in [0, 0.05) is 31.5 Å². The highest BCUT2D eigenvalue weighted by Gasteiger charge is 2.56. The third-order valence-electron chi connectivity index (χ3n) is 5.53. The second-order valence-electron chi connectivity index (χ2n) is 6.78. The summed E-state index contributed by atoms with van der Waals surface area (Å²) in [6, 6.07) is 4.65. The van der Waals surface area contributed by atoms with Crippen LogP contribution in [0.3, 0.4) is 0 Å². The predicted octanol–water partition coefficient (Wildman–Crippen LogP) is 2.92. The highest BCUT2D eigenvalue weighted by atomic mass is 19.1. The second-order valence-corrected chi connectivity index (χ2v) is 6.78. The smallest absolute Gasteiger partial charge is 0.321 e. The minimum absolute atomic E-state index is 0.0805. The molecule has 1 aliphatic carbocycles. The number of nitrogens with zero attached hydrogens (tertiary/aromatic N) is 1. The summed E-state index contributed by atoms with van der Waals surface area (Å²) < 4.78 is 19.8. The first-order valence-corrected chi connectivity index (χ1v) is 8.58. The highest BCUT2D eigenvalue weighted by Crippen LogP contribution is 2.50. The van der Waals surface area contributed by atoms with Gasteiger partial charge in [0.1, 0.15) is 5.82 Å². The van der Waals surface area contributed by atoms with Crippen LogP contribution in [0.5, 0.6) is 0 Å². The van der Waals surface area contributed by atoms with Gasteiger partial charge in [-0.25, -0.2) is 9.18 Å². The monoisotopic (exact) mass is 336 g/mol. The second kappa shape index (κ2) is 6.69. The molecular weight excluding hydrogens is 311 g/mol. The van der Waals surface area contributed by atoms with E-state index < -0.39 is 5.82 Å². The Kier molecular flexibility index (Phi) is 4.78. The van der Waals surface area contributed by atoms with Crippen LogP contribution in [0, 0.1) is 18.2 Å². The van der Waals surface area contributed by atoms with Crippen molar-refractivity contribution in [2.24, 2.45) is 5.41 Å². The normalized spacial score (nSPS) is 25.4. The van der Waals surface area contributed by atoms with E-state index >= 15 is 0 Å². The van der Waals surface area contributed by atoms with Crippen molar-refractivity contribution in [2.75, 3.05) is 25.0 Å². The van der Waals surface area contributed by atoms with Crippen LogP contribution < -0.4 is 5.32 Å². The fourth-order valence-electron chi connectivity index (χ4n) is 3.88. The van der Waals surface area contributed by atoms with Gasteiger partial charge in [-0.2, -0.15) is 0 Å². The van der Waals surface area contributed by atoms with Gasteiger partial charge >= 0.3 is 6.03 Å². The van der Waals surface area contributed by atoms with E-state index in [-0.39, 0.29) is 29.3 Å². The molecule has 0 unspecified atom stereocenters. The standard InChI is InChI=1S/C18H25FN2O3/c1-3-24-15-11-14(22)18(15)7-9-21(10-8-18)17(23)20-13-6-4-5-12(2)16(13)19/h4-6,14-15,22H,3,7-11H2,1-2H3,(H,20,23)/t14-,15+/m0/s1. The predicted molar refractivity (Wildman–Crippen MR) is 89.4 cm³/mol. The molecule has 1 spiro atoms. The lowest BCUT2D eigenvalue weighted by Gasteiger charge is -2.56. The number of hydrogen-bond acceptors (Lipinski definition) is 3. The molecule has 0 radical (unpaired) electrons. The lowest BCUT2D eigenvalue weighted by atomic mass is 9.58. The van der Waals surface area contributed by atoms with Gasteiger partial charge in [0.25, 0.3) is 0 Å². The van der Waals surface area contributed by atoms with E-state index in [0.717, 1.165) is 0 Å². The van der Waals surface area contributed by atoms with E-state index in [1.165, 1.54) is 0 Å². The van der Waals surface area contributed by atoms with Crippen molar-refractivity contribution in [2.45, 2.75) is 45.3 Å². The van der Waals surface area contributed by atoms with Gasteiger partial charge in [-0.05, 0) is 38.3 Å². The number of nitrogens with one attached hydrogen (secondary N) is 1. The maximum Gasteiger partial charge on any atom is 0.321 e. The number of urea groups is 1. The van der Waals surface area contributed by atoms with Gasteiger partial charge in [-0.3, -0.25) is 0 Å². The third-order valence-corrected chi connectivity index (χ3v) is 5.53. The summed E-state index contributed by atoms with van der Waals surface area (Å²) >= 11 is 0. The number of benzene rings is 1. The first kappa shape index (κ1) is 17.2. The SMILES string of the molecule is CCO[C@@H]1C[C@H](O)C12CCN(C(=O)Nc1cccc(C)c1F)CC2. The molecule has 5 nitrogen and oxygen atoms in total. The van der Waals surface area contributed by atoms with Gasteiger partial charge in [-0.1, -0.05) is 12.1 Å². The number of halogens is 1. The minimum Gasteiger partial charge on any atom is -0.392 e. The summed E-state index contributed by atoms with van der Waals surface area (Å²) in [5, 5.41) is 12.8. The van der Waals surface area contributed by atoms with E-state index in [1.807, 2.05) is 6.92 Å². The van der Waals surface area contributed by atoms with Crippen molar-refractivity contribution in [3.05, 3.63) is 29.6 Å². The number of carbonyl (C=O) groups is 1. The molecule has 2 N–H and O–H groups in total. The van der Waals surface area contributed by atoms with Crippen LogP contribution in [-0.4, -0.2) is 47.9 Å². The van der Waals surface area contributed by atoms with Crippen molar-refractivity contribution in [1.29, 1.82) is 0 Å². The Hall–Kier alpha value is -1.66. The first-order valence-electron chi connectivity index (χ1n) is 8.58. The van der Waals surface area contributed by atoms with Crippen LogP contribution in [0.1, 0.15) is 31.7 Å². The summed E-state index contributed by atoms with van der Waals surface area (Å²) in [6.07, 6.45) is 1.82. The largest absolute Gasteiger partial charge is 0.392 e. The van der Waals surface area contributed by atoms with E-state index in [0.29, 0.717) is 44.5 Å². The number of rotatable bonds is 3. The number of likely N-dealkylation sites (tertiary alicyclic amines) is 1. The maximum absolute atomic E-state index is 14.0. The summed E-state index contributed by atoms with van der Waals surface area (Å²) in [4.78, 5) is 14.1. The van der Waals surface area contributed by atoms with Crippen LogP contribution in [0.25, 0.3) is 0 Å². The molecule has 2 atom stereocenters. The Balaban J connectivity index is 1.60. The molecule has 1 saturated heterocycles. The van der Waals surface area contributed by atoms with Crippen LogP contribution in [0.4, 0.5) is 14.9 Å². The van der Waals surface area contributed by atoms with E-state index in [2.05, 4.69) is 5.32 Å².